The van der Waals surface area contributed by atoms with Crippen molar-refractivity contribution in [1.82, 2.24) is 9.47 Å². The van der Waals surface area contributed by atoms with Crippen LogP contribution in [0.25, 0.3) is 5.69 Å². The van der Waals surface area contributed by atoms with Crippen LogP contribution in [0.15, 0.2) is 48.8 Å². The SMILES string of the molecule is CC(C)(C)S(=O)(=O)[C@H]1CCN(C(=O)c2ccc(-n3cccc3)cc2)C1. The summed E-state index contributed by atoms with van der Waals surface area (Å²) in [6.45, 7) is 5.91. The number of hydrogen-bond acceptors (Lipinski definition) is 3. The van der Waals surface area contributed by atoms with Gasteiger partial charge in [-0.1, -0.05) is 0 Å². The Morgan fingerprint density at radius 1 is 1.08 bits per heavy atom. The van der Waals surface area contributed by atoms with Gasteiger partial charge >= 0.3 is 0 Å². The van der Waals surface area contributed by atoms with Crippen LogP contribution in [-0.2, 0) is 9.84 Å². The molecule has 1 atom stereocenters. The average Bonchev–Trinajstić information content (AvgIpc) is 3.25. The van der Waals surface area contributed by atoms with E-state index in [4.69, 9.17) is 0 Å². The van der Waals surface area contributed by atoms with Gasteiger partial charge in [-0.2, -0.15) is 0 Å². The molecule has 134 valence electrons. The largest absolute Gasteiger partial charge is 0.337 e. The van der Waals surface area contributed by atoms with Crippen LogP contribution in [0, 0.1) is 0 Å². The van der Waals surface area contributed by atoms with Crippen LogP contribution < -0.4 is 0 Å². The lowest BCUT2D eigenvalue weighted by atomic mass is 10.2. The number of aromatic nitrogens is 1. The zero-order chi connectivity index (χ0) is 18.2. The zero-order valence-electron chi connectivity index (χ0n) is 14.8. The third-order valence-electron chi connectivity index (χ3n) is 4.74. The molecule has 1 aromatic carbocycles. The molecule has 0 unspecified atom stereocenters. The number of carbonyl (C=O) groups excluding carboxylic acids is 1. The zero-order valence-corrected chi connectivity index (χ0v) is 15.7. The fourth-order valence-corrected chi connectivity index (χ4v) is 4.92. The monoisotopic (exact) mass is 360 g/mol. The van der Waals surface area contributed by atoms with E-state index in [1.54, 1.807) is 37.8 Å². The second-order valence-corrected chi connectivity index (χ2v) is 10.4. The van der Waals surface area contributed by atoms with E-state index in [1.165, 1.54) is 0 Å². The Morgan fingerprint density at radius 3 is 2.24 bits per heavy atom. The minimum atomic E-state index is -3.26. The minimum Gasteiger partial charge on any atom is -0.337 e. The molecule has 3 rings (SSSR count). The van der Waals surface area contributed by atoms with E-state index in [1.807, 2.05) is 41.2 Å². The predicted octanol–water partition coefficient (Wildman–Crippen LogP) is 2.91. The Kier molecular flexibility index (Phi) is 4.49. The molecule has 1 fully saturated rings. The Labute approximate surface area is 149 Å². The van der Waals surface area contributed by atoms with Gasteiger partial charge in [0.1, 0.15) is 0 Å². The van der Waals surface area contributed by atoms with Gasteiger partial charge in [-0.05, 0) is 63.6 Å². The molecule has 0 radical (unpaired) electrons. The normalized spacial score (nSPS) is 18.5. The number of rotatable bonds is 3. The summed E-state index contributed by atoms with van der Waals surface area (Å²) in [5, 5.41) is -0.476. The van der Waals surface area contributed by atoms with E-state index < -0.39 is 19.8 Å². The highest BCUT2D eigenvalue weighted by Gasteiger charge is 2.41. The molecule has 6 heteroatoms. The van der Waals surface area contributed by atoms with Gasteiger partial charge in [0.05, 0.1) is 10.00 Å². The van der Waals surface area contributed by atoms with Crippen LogP contribution >= 0.6 is 0 Å². The van der Waals surface area contributed by atoms with Crippen molar-refractivity contribution in [3.8, 4) is 5.69 Å². The lowest BCUT2D eigenvalue weighted by molar-refractivity contribution is 0.0793. The predicted molar refractivity (Wildman–Crippen MR) is 98.8 cm³/mol. The summed E-state index contributed by atoms with van der Waals surface area (Å²) in [6, 6.07) is 11.3. The highest BCUT2D eigenvalue weighted by molar-refractivity contribution is 7.93. The summed E-state index contributed by atoms with van der Waals surface area (Å²) in [6.07, 6.45) is 4.39. The van der Waals surface area contributed by atoms with Crippen LogP contribution in [0.3, 0.4) is 0 Å². The van der Waals surface area contributed by atoms with Crippen LogP contribution in [-0.4, -0.2) is 46.9 Å². The summed E-state index contributed by atoms with van der Waals surface area (Å²) in [7, 11) is -3.26. The molecule has 1 saturated heterocycles. The Hall–Kier alpha value is -2.08. The van der Waals surface area contributed by atoms with Gasteiger partial charge in [-0.25, -0.2) is 8.42 Å². The highest BCUT2D eigenvalue weighted by Crippen LogP contribution is 2.28. The van der Waals surface area contributed by atoms with Gasteiger partial charge in [-0.3, -0.25) is 4.79 Å². The summed E-state index contributed by atoms with van der Waals surface area (Å²) in [4.78, 5) is 14.3. The maximum absolute atomic E-state index is 12.7. The number of benzene rings is 1. The molecule has 0 spiro atoms. The summed E-state index contributed by atoms with van der Waals surface area (Å²) >= 11 is 0. The van der Waals surface area contributed by atoms with Gasteiger partial charge in [0.15, 0.2) is 9.84 Å². The van der Waals surface area contributed by atoms with Crippen molar-refractivity contribution in [2.24, 2.45) is 0 Å². The van der Waals surface area contributed by atoms with E-state index in [9.17, 15) is 13.2 Å². The van der Waals surface area contributed by atoms with E-state index >= 15 is 0 Å². The van der Waals surface area contributed by atoms with E-state index in [0.717, 1.165) is 5.69 Å². The molecule has 0 bridgehead atoms. The molecule has 1 aliphatic heterocycles. The number of nitrogens with zero attached hydrogens (tertiary/aromatic N) is 2. The second kappa shape index (κ2) is 6.33. The van der Waals surface area contributed by atoms with Gasteiger partial charge in [-0.15, -0.1) is 0 Å². The fourth-order valence-electron chi connectivity index (χ4n) is 3.13. The van der Waals surface area contributed by atoms with Gasteiger partial charge < -0.3 is 9.47 Å². The summed E-state index contributed by atoms with van der Waals surface area (Å²) in [5.41, 5.74) is 1.57. The second-order valence-electron chi connectivity index (χ2n) is 7.46. The van der Waals surface area contributed by atoms with Crippen molar-refractivity contribution in [1.29, 1.82) is 0 Å². The molecule has 1 aromatic heterocycles. The first-order chi connectivity index (χ1) is 11.7. The number of carbonyl (C=O) groups is 1. The Morgan fingerprint density at radius 2 is 1.68 bits per heavy atom. The number of sulfone groups is 1. The van der Waals surface area contributed by atoms with Crippen molar-refractivity contribution in [3.05, 3.63) is 54.4 Å². The first kappa shape index (κ1) is 17.7. The third kappa shape index (κ3) is 3.35. The fraction of sp³-hybridized carbons (Fsp3) is 0.421. The number of likely N-dealkylation sites (tertiary alicyclic amines) is 1. The van der Waals surface area contributed by atoms with E-state index in [2.05, 4.69) is 0 Å². The standard InChI is InChI=1S/C19H24N2O3S/c1-19(2,3)25(23,24)17-10-13-21(14-17)18(22)15-6-8-16(9-7-15)20-11-4-5-12-20/h4-9,11-12,17H,10,13-14H2,1-3H3/t17-/m0/s1. The van der Waals surface area contributed by atoms with Crippen LogP contribution in [0.5, 0.6) is 0 Å². The van der Waals surface area contributed by atoms with E-state index in [0.29, 0.717) is 18.5 Å². The van der Waals surface area contributed by atoms with Crippen LogP contribution in [0.1, 0.15) is 37.6 Å². The molecule has 0 aliphatic carbocycles. The molecule has 2 aromatic rings. The lowest BCUT2D eigenvalue weighted by Gasteiger charge is -2.24. The van der Waals surface area contributed by atoms with Gasteiger partial charge in [0.2, 0.25) is 0 Å². The third-order valence-corrected chi connectivity index (χ3v) is 7.71. The Bertz CT molecular complexity index is 847. The molecule has 1 aliphatic rings. The number of hydrogen-bond donors (Lipinski definition) is 0. The molecule has 1 amide bonds. The summed E-state index contributed by atoms with van der Waals surface area (Å²) in [5.74, 6) is -0.106. The molecule has 5 nitrogen and oxygen atoms in total. The number of amides is 1. The highest BCUT2D eigenvalue weighted by atomic mass is 32.2. The van der Waals surface area contributed by atoms with E-state index in [-0.39, 0.29) is 12.5 Å². The molecule has 2 heterocycles. The van der Waals surface area contributed by atoms with Gasteiger partial charge in [0, 0.05) is 36.7 Å². The summed E-state index contributed by atoms with van der Waals surface area (Å²) < 4.78 is 26.4. The van der Waals surface area contributed by atoms with Crippen molar-refractivity contribution in [3.63, 3.8) is 0 Å². The maximum Gasteiger partial charge on any atom is 0.253 e. The molecular formula is C19H24N2O3S. The van der Waals surface area contributed by atoms with Crippen molar-refractivity contribution in [2.45, 2.75) is 37.2 Å². The van der Waals surface area contributed by atoms with Crippen molar-refractivity contribution in [2.75, 3.05) is 13.1 Å². The van der Waals surface area contributed by atoms with Gasteiger partial charge in [0.25, 0.3) is 5.91 Å². The first-order valence-corrected chi connectivity index (χ1v) is 10.0. The molecule has 0 N–H and O–H groups in total. The quantitative estimate of drug-likeness (QED) is 0.846. The molecular weight excluding hydrogens is 336 g/mol. The average molecular weight is 360 g/mol. The molecule has 25 heavy (non-hydrogen) atoms. The molecule has 0 saturated carbocycles. The maximum atomic E-state index is 12.7. The Balaban J connectivity index is 1.72. The minimum absolute atomic E-state index is 0.106. The van der Waals surface area contributed by atoms with Crippen LogP contribution in [0.4, 0.5) is 0 Å². The van der Waals surface area contributed by atoms with Crippen molar-refractivity contribution >= 4 is 15.7 Å². The topological polar surface area (TPSA) is 59.4 Å². The lowest BCUT2D eigenvalue weighted by Crippen LogP contribution is -2.39. The smallest absolute Gasteiger partial charge is 0.253 e. The van der Waals surface area contributed by atoms with Crippen molar-refractivity contribution < 1.29 is 13.2 Å². The van der Waals surface area contributed by atoms with Crippen LogP contribution in [0.2, 0.25) is 0 Å². The first-order valence-electron chi connectivity index (χ1n) is 8.46.